The number of amides is 2. The Kier molecular flexibility index (Phi) is 6.40. The van der Waals surface area contributed by atoms with E-state index < -0.39 is 6.04 Å². The van der Waals surface area contributed by atoms with Crippen LogP contribution < -0.4 is 10.6 Å². The van der Waals surface area contributed by atoms with Crippen molar-refractivity contribution in [3.63, 3.8) is 0 Å². The molecule has 1 aromatic carbocycles. The Bertz CT molecular complexity index is 490. The molecule has 0 radical (unpaired) electrons. The lowest BCUT2D eigenvalue weighted by Gasteiger charge is -2.34. The molecule has 0 saturated carbocycles. The highest BCUT2D eigenvalue weighted by molar-refractivity contribution is 5.89. The minimum atomic E-state index is -0.518. The normalized spacial score (nSPS) is 16.4. The number of piperidine rings is 1. The zero-order valence-electron chi connectivity index (χ0n) is 13.2. The molecule has 5 nitrogen and oxygen atoms in total. The van der Waals surface area contributed by atoms with Gasteiger partial charge < -0.3 is 15.5 Å². The molecule has 120 valence electrons. The monoisotopic (exact) mass is 303 g/mol. The number of rotatable bonds is 7. The molecule has 0 spiro atoms. The molecule has 1 aliphatic rings. The first kappa shape index (κ1) is 16.5. The number of carbonyl (C=O) groups excluding carboxylic acids is 2. The average Bonchev–Trinajstić information content (AvgIpc) is 2.55. The van der Waals surface area contributed by atoms with Gasteiger partial charge in [-0.2, -0.15) is 0 Å². The summed E-state index contributed by atoms with van der Waals surface area (Å²) in [6, 6.07) is 9.04. The SMILES string of the molecule is CCNCCNC(=O)C(c1ccccc1)N1CCCCC1=O. The molecule has 1 heterocycles. The van der Waals surface area contributed by atoms with Crippen LogP contribution in [0.25, 0.3) is 0 Å². The van der Waals surface area contributed by atoms with Crippen LogP contribution in [0.15, 0.2) is 30.3 Å². The topological polar surface area (TPSA) is 61.4 Å². The van der Waals surface area contributed by atoms with Gasteiger partial charge >= 0.3 is 0 Å². The molecule has 5 heteroatoms. The number of hydrogen-bond donors (Lipinski definition) is 2. The number of nitrogens with one attached hydrogen (secondary N) is 2. The van der Waals surface area contributed by atoms with Crippen molar-refractivity contribution in [3.8, 4) is 0 Å². The second kappa shape index (κ2) is 8.54. The molecule has 1 aliphatic heterocycles. The smallest absolute Gasteiger partial charge is 0.247 e. The van der Waals surface area contributed by atoms with Gasteiger partial charge in [-0.15, -0.1) is 0 Å². The maximum Gasteiger partial charge on any atom is 0.247 e. The predicted molar refractivity (Wildman–Crippen MR) is 86.3 cm³/mol. The fourth-order valence-corrected chi connectivity index (χ4v) is 2.76. The number of carbonyl (C=O) groups is 2. The van der Waals surface area contributed by atoms with Crippen molar-refractivity contribution in [2.24, 2.45) is 0 Å². The van der Waals surface area contributed by atoms with Crippen LogP contribution in [0.3, 0.4) is 0 Å². The summed E-state index contributed by atoms with van der Waals surface area (Å²) in [4.78, 5) is 26.6. The molecule has 1 aromatic rings. The molecule has 0 bridgehead atoms. The number of hydrogen-bond acceptors (Lipinski definition) is 3. The summed E-state index contributed by atoms with van der Waals surface area (Å²) in [5, 5.41) is 6.11. The molecule has 0 aliphatic carbocycles. The van der Waals surface area contributed by atoms with E-state index in [0.717, 1.165) is 31.5 Å². The molecule has 1 atom stereocenters. The molecule has 2 N–H and O–H groups in total. The van der Waals surface area contributed by atoms with E-state index in [2.05, 4.69) is 10.6 Å². The second-order valence-corrected chi connectivity index (χ2v) is 5.50. The highest BCUT2D eigenvalue weighted by Gasteiger charge is 2.32. The van der Waals surface area contributed by atoms with Crippen molar-refractivity contribution in [2.75, 3.05) is 26.2 Å². The summed E-state index contributed by atoms with van der Waals surface area (Å²) in [6.07, 6.45) is 2.41. The number of benzene rings is 1. The van der Waals surface area contributed by atoms with Crippen molar-refractivity contribution < 1.29 is 9.59 Å². The van der Waals surface area contributed by atoms with Crippen LogP contribution in [0.1, 0.15) is 37.8 Å². The van der Waals surface area contributed by atoms with Gasteiger partial charge in [-0.25, -0.2) is 0 Å². The van der Waals surface area contributed by atoms with Crippen molar-refractivity contribution in [1.29, 1.82) is 0 Å². The maximum absolute atomic E-state index is 12.6. The van der Waals surface area contributed by atoms with Crippen LogP contribution in [-0.2, 0) is 9.59 Å². The molecule has 1 saturated heterocycles. The molecule has 2 amide bonds. The summed E-state index contributed by atoms with van der Waals surface area (Å²) < 4.78 is 0. The van der Waals surface area contributed by atoms with E-state index in [-0.39, 0.29) is 11.8 Å². The molecule has 22 heavy (non-hydrogen) atoms. The van der Waals surface area contributed by atoms with E-state index in [1.54, 1.807) is 4.90 Å². The molecular formula is C17H25N3O2. The summed E-state index contributed by atoms with van der Waals surface area (Å²) in [5.41, 5.74) is 0.874. The number of likely N-dealkylation sites (tertiary alicyclic amines) is 1. The van der Waals surface area contributed by atoms with Crippen LogP contribution in [0.4, 0.5) is 0 Å². The Labute approximate surface area is 132 Å². The lowest BCUT2D eigenvalue weighted by Crippen LogP contribution is -2.46. The first-order valence-corrected chi connectivity index (χ1v) is 8.07. The minimum absolute atomic E-state index is 0.0712. The van der Waals surface area contributed by atoms with E-state index >= 15 is 0 Å². The largest absolute Gasteiger partial charge is 0.353 e. The van der Waals surface area contributed by atoms with Crippen LogP contribution in [-0.4, -0.2) is 42.9 Å². The van der Waals surface area contributed by atoms with Gasteiger partial charge in [0.1, 0.15) is 6.04 Å². The van der Waals surface area contributed by atoms with Crippen LogP contribution in [0.2, 0.25) is 0 Å². The third-order valence-electron chi connectivity index (χ3n) is 3.89. The predicted octanol–water partition coefficient (Wildman–Crippen LogP) is 1.47. The molecule has 1 unspecified atom stereocenters. The van der Waals surface area contributed by atoms with Crippen LogP contribution >= 0.6 is 0 Å². The third kappa shape index (κ3) is 4.31. The van der Waals surface area contributed by atoms with Gasteiger partial charge in [0.25, 0.3) is 0 Å². The molecule has 2 rings (SSSR count). The van der Waals surface area contributed by atoms with Gasteiger partial charge in [0, 0.05) is 26.1 Å². The number of nitrogens with zero attached hydrogens (tertiary/aromatic N) is 1. The fourth-order valence-electron chi connectivity index (χ4n) is 2.76. The second-order valence-electron chi connectivity index (χ2n) is 5.50. The standard InChI is InChI=1S/C17H25N3O2/c1-2-18-11-12-19-17(22)16(14-8-4-3-5-9-14)20-13-7-6-10-15(20)21/h3-5,8-9,16,18H,2,6-7,10-13H2,1H3,(H,19,22). The lowest BCUT2D eigenvalue weighted by atomic mass is 10.0. The van der Waals surface area contributed by atoms with Gasteiger partial charge in [-0.1, -0.05) is 37.3 Å². The van der Waals surface area contributed by atoms with Crippen molar-refractivity contribution >= 4 is 11.8 Å². The van der Waals surface area contributed by atoms with Crippen molar-refractivity contribution in [3.05, 3.63) is 35.9 Å². The van der Waals surface area contributed by atoms with E-state index in [9.17, 15) is 9.59 Å². The first-order valence-electron chi connectivity index (χ1n) is 8.07. The van der Waals surface area contributed by atoms with Gasteiger partial charge in [-0.05, 0) is 24.9 Å². The zero-order valence-corrected chi connectivity index (χ0v) is 13.2. The molecule has 1 fully saturated rings. The van der Waals surface area contributed by atoms with Gasteiger partial charge in [0.2, 0.25) is 11.8 Å². The third-order valence-corrected chi connectivity index (χ3v) is 3.89. The summed E-state index contributed by atoms with van der Waals surface area (Å²) in [6.45, 7) is 4.86. The maximum atomic E-state index is 12.6. The Morgan fingerprint density at radius 3 is 2.68 bits per heavy atom. The van der Waals surface area contributed by atoms with Crippen molar-refractivity contribution in [2.45, 2.75) is 32.2 Å². The van der Waals surface area contributed by atoms with Crippen LogP contribution in [0, 0.1) is 0 Å². The van der Waals surface area contributed by atoms with Crippen LogP contribution in [0.5, 0.6) is 0 Å². The first-order chi connectivity index (χ1) is 10.7. The van der Waals surface area contributed by atoms with E-state index in [0.29, 0.717) is 19.5 Å². The Balaban J connectivity index is 2.11. The summed E-state index contributed by atoms with van der Waals surface area (Å²) in [7, 11) is 0. The number of likely N-dealkylation sites (N-methyl/N-ethyl adjacent to an activating group) is 1. The minimum Gasteiger partial charge on any atom is -0.353 e. The van der Waals surface area contributed by atoms with E-state index in [1.165, 1.54) is 0 Å². The average molecular weight is 303 g/mol. The van der Waals surface area contributed by atoms with Crippen molar-refractivity contribution in [1.82, 2.24) is 15.5 Å². The van der Waals surface area contributed by atoms with Gasteiger partial charge in [0.15, 0.2) is 0 Å². The molecule has 0 aromatic heterocycles. The fraction of sp³-hybridized carbons (Fsp3) is 0.529. The lowest BCUT2D eigenvalue weighted by molar-refractivity contribution is -0.142. The highest BCUT2D eigenvalue weighted by atomic mass is 16.2. The highest BCUT2D eigenvalue weighted by Crippen LogP contribution is 2.25. The quantitative estimate of drug-likeness (QED) is 0.750. The summed E-state index contributed by atoms with van der Waals surface area (Å²) in [5.74, 6) is -0.0266. The molecular weight excluding hydrogens is 278 g/mol. The Hall–Kier alpha value is -1.88. The Morgan fingerprint density at radius 2 is 2.00 bits per heavy atom. The Morgan fingerprint density at radius 1 is 1.23 bits per heavy atom. The van der Waals surface area contributed by atoms with E-state index in [4.69, 9.17) is 0 Å². The van der Waals surface area contributed by atoms with E-state index in [1.807, 2.05) is 37.3 Å². The summed E-state index contributed by atoms with van der Waals surface area (Å²) >= 11 is 0. The van der Waals surface area contributed by atoms with Gasteiger partial charge in [0.05, 0.1) is 0 Å². The van der Waals surface area contributed by atoms with Gasteiger partial charge in [-0.3, -0.25) is 9.59 Å². The zero-order chi connectivity index (χ0) is 15.8.